The Balaban J connectivity index is 1.84. The van der Waals surface area contributed by atoms with E-state index in [0.717, 1.165) is 42.5 Å². The van der Waals surface area contributed by atoms with Gasteiger partial charge in [0.15, 0.2) is 5.82 Å². The molecular formula is C27H25ClF2N2O3S. The first-order valence-corrected chi connectivity index (χ1v) is 13.6. The fourth-order valence-corrected chi connectivity index (χ4v) is 5.36. The molecular weight excluding hydrogens is 506 g/mol. The topological polar surface area (TPSA) is 79.0 Å². The summed E-state index contributed by atoms with van der Waals surface area (Å²) in [5.41, 5.74) is 0.518. The number of ketones is 1. The normalized spacial score (nSPS) is 15.7. The van der Waals surface area contributed by atoms with Crippen LogP contribution in [0.5, 0.6) is 0 Å². The quantitative estimate of drug-likeness (QED) is 0.414. The van der Waals surface area contributed by atoms with Crippen LogP contribution in [0.4, 0.5) is 14.5 Å². The van der Waals surface area contributed by atoms with Crippen molar-refractivity contribution < 1.29 is 22.0 Å². The molecule has 1 heterocycles. The molecule has 9 heteroatoms. The van der Waals surface area contributed by atoms with E-state index in [1.807, 2.05) is 24.3 Å². The van der Waals surface area contributed by atoms with Crippen LogP contribution in [0.3, 0.4) is 0 Å². The zero-order valence-corrected chi connectivity index (χ0v) is 21.1. The van der Waals surface area contributed by atoms with Gasteiger partial charge in [-0.2, -0.15) is 0 Å². The Morgan fingerprint density at radius 2 is 1.81 bits per heavy atom. The molecule has 0 saturated carbocycles. The number of H-pyrrole nitrogens is 1. The van der Waals surface area contributed by atoms with E-state index in [0.29, 0.717) is 22.0 Å². The van der Waals surface area contributed by atoms with Crippen molar-refractivity contribution in [3.05, 3.63) is 92.6 Å². The molecule has 0 amide bonds. The van der Waals surface area contributed by atoms with Crippen LogP contribution in [0, 0.1) is 11.6 Å². The summed E-state index contributed by atoms with van der Waals surface area (Å²) in [4.78, 5) is 16.5. The maximum absolute atomic E-state index is 15.3. The summed E-state index contributed by atoms with van der Waals surface area (Å²) in [7, 11) is -3.84. The number of nitrogens with one attached hydrogen (secondary N) is 2. The molecule has 0 aliphatic heterocycles. The Bertz CT molecular complexity index is 1560. The first-order chi connectivity index (χ1) is 17.2. The van der Waals surface area contributed by atoms with Crippen molar-refractivity contribution >= 4 is 50.8 Å². The van der Waals surface area contributed by atoms with Crippen molar-refractivity contribution in [3.63, 3.8) is 0 Å². The molecule has 3 aromatic rings. The van der Waals surface area contributed by atoms with Gasteiger partial charge >= 0.3 is 0 Å². The average molecular weight is 531 g/mol. The second-order valence-electron chi connectivity index (χ2n) is 8.51. The van der Waals surface area contributed by atoms with Crippen LogP contribution < -0.4 is 15.3 Å². The molecule has 0 fully saturated rings. The van der Waals surface area contributed by atoms with Crippen molar-refractivity contribution in [2.45, 2.75) is 32.6 Å². The SMILES string of the molecule is CCCS(=O)(=O)Nc1ccc(F)c(C(=O)c2c[nH]c3/c2=C\C(c2ccc(Cl)cc2)=CCCC/C=3)c1F. The van der Waals surface area contributed by atoms with Crippen LogP contribution in [0.1, 0.15) is 54.1 Å². The number of benzene rings is 2. The van der Waals surface area contributed by atoms with Crippen LogP contribution >= 0.6 is 11.6 Å². The van der Waals surface area contributed by atoms with Crippen molar-refractivity contribution in [1.29, 1.82) is 0 Å². The number of carbonyl (C=O) groups is 1. The van der Waals surface area contributed by atoms with E-state index < -0.39 is 38.7 Å². The molecule has 2 N–H and O–H groups in total. The molecule has 0 atom stereocenters. The number of rotatable bonds is 7. The van der Waals surface area contributed by atoms with Crippen molar-refractivity contribution in [2.24, 2.45) is 0 Å². The highest BCUT2D eigenvalue weighted by Crippen LogP contribution is 2.25. The fourth-order valence-electron chi connectivity index (χ4n) is 4.10. The third-order valence-corrected chi connectivity index (χ3v) is 7.58. The number of sulfonamides is 1. The van der Waals surface area contributed by atoms with Gasteiger partial charge in [0.05, 0.1) is 17.0 Å². The number of aromatic amines is 1. The lowest BCUT2D eigenvalue weighted by atomic mass is 9.99. The molecule has 5 nitrogen and oxygen atoms in total. The maximum Gasteiger partial charge on any atom is 0.232 e. The highest BCUT2D eigenvalue weighted by molar-refractivity contribution is 7.92. The summed E-state index contributed by atoms with van der Waals surface area (Å²) in [6.45, 7) is 1.66. The lowest BCUT2D eigenvalue weighted by molar-refractivity contribution is 0.103. The highest BCUT2D eigenvalue weighted by Gasteiger charge is 2.25. The lowest BCUT2D eigenvalue weighted by Crippen LogP contribution is -2.28. The predicted octanol–water partition coefficient (Wildman–Crippen LogP) is 5.16. The molecule has 1 aromatic heterocycles. The minimum atomic E-state index is -3.84. The van der Waals surface area contributed by atoms with E-state index in [9.17, 15) is 17.6 Å². The second kappa shape index (κ2) is 10.8. The molecule has 0 spiro atoms. The number of hydrogen-bond donors (Lipinski definition) is 2. The van der Waals surface area contributed by atoms with Crippen LogP contribution in [0.2, 0.25) is 5.02 Å². The number of halogens is 3. The number of carbonyl (C=O) groups excluding carboxylic acids is 1. The first kappa shape index (κ1) is 25.9. The highest BCUT2D eigenvalue weighted by atomic mass is 35.5. The average Bonchev–Trinajstić information content (AvgIpc) is 3.25. The zero-order valence-electron chi connectivity index (χ0n) is 19.6. The van der Waals surface area contributed by atoms with Crippen molar-refractivity contribution in [3.8, 4) is 0 Å². The molecule has 1 aliphatic carbocycles. The first-order valence-electron chi connectivity index (χ1n) is 11.6. The van der Waals surface area contributed by atoms with E-state index in [-0.39, 0.29) is 11.3 Å². The second-order valence-corrected chi connectivity index (χ2v) is 10.8. The van der Waals surface area contributed by atoms with Gasteiger partial charge in [-0.3, -0.25) is 9.52 Å². The largest absolute Gasteiger partial charge is 0.361 e. The van der Waals surface area contributed by atoms with Gasteiger partial charge in [0.1, 0.15) is 5.82 Å². The van der Waals surface area contributed by atoms with E-state index in [1.165, 1.54) is 6.20 Å². The van der Waals surface area contributed by atoms with E-state index in [2.05, 4.69) is 15.8 Å². The number of anilines is 1. The van der Waals surface area contributed by atoms with Gasteiger partial charge in [0.2, 0.25) is 15.8 Å². The summed E-state index contributed by atoms with van der Waals surface area (Å²) in [5.74, 6) is -3.46. The van der Waals surface area contributed by atoms with Gasteiger partial charge in [-0.25, -0.2) is 17.2 Å². The van der Waals surface area contributed by atoms with E-state index >= 15 is 4.39 Å². The maximum atomic E-state index is 15.3. The Kier molecular flexibility index (Phi) is 7.76. The molecule has 0 unspecified atom stereocenters. The van der Waals surface area contributed by atoms with Crippen molar-refractivity contribution in [1.82, 2.24) is 4.98 Å². The number of hydrogen-bond acceptors (Lipinski definition) is 3. The molecule has 2 aromatic carbocycles. The number of aromatic nitrogens is 1. The third kappa shape index (κ3) is 5.60. The minimum absolute atomic E-state index is 0.0781. The molecule has 1 aliphatic rings. The Morgan fingerprint density at radius 3 is 2.53 bits per heavy atom. The van der Waals surface area contributed by atoms with Crippen LogP contribution in [-0.4, -0.2) is 24.9 Å². The number of allylic oxidation sites excluding steroid dienone is 2. The standard InChI is InChI=1S/C27H25ClF2N2O3S/c1-2-14-36(34,35)32-24-13-12-22(29)25(26(24)30)27(33)21-16-31-23-7-5-3-4-6-18(15-20(21)23)17-8-10-19(28)11-9-17/h6-13,15-16,31-32H,2-5,14H2,1H3/b18-6?,20-15-,23-7-. The van der Waals surface area contributed by atoms with Crippen LogP contribution in [0.25, 0.3) is 17.7 Å². The van der Waals surface area contributed by atoms with E-state index in [4.69, 9.17) is 11.6 Å². The van der Waals surface area contributed by atoms with Gasteiger partial charge < -0.3 is 4.98 Å². The lowest BCUT2D eigenvalue weighted by Gasteiger charge is -2.11. The summed E-state index contributed by atoms with van der Waals surface area (Å²) >= 11 is 6.04. The summed E-state index contributed by atoms with van der Waals surface area (Å²) in [6, 6.07) is 9.13. The third-order valence-electron chi connectivity index (χ3n) is 5.85. The number of fused-ring (bicyclic) bond motifs is 1. The zero-order chi connectivity index (χ0) is 25.9. The van der Waals surface area contributed by atoms with Crippen LogP contribution in [-0.2, 0) is 10.0 Å². The Hall–Kier alpha value is -3.23. The van der Waals surface area contributed by atoms with Gasteiger partial charge in [0, 0.05) is 27.4 Å². The van der Waals surface area contributed by atoms with Gasteiger partial charge in [-0.1, -0.05) is 42.8 Å². The fraction of sp³-hybridized carbons (Fsp3) is 0.222. The summed E-state index contributed by atoms with van der Waals surface area (Å²) in [5, 5.41) is 1.76. The van der Waals surface area contributed by atoms with Crippen molar-refractivity contribution in [2.75, 3.05) is 10.5 Å². The molecule has 188 valence electrons. The molecule has 0 saturated heterocycles. The molecule has 0 radical (unpaired) electrons. The van der Waals surface area contributed by atoms with E-state index in [1.54, 1.807) is 19.1 Å². The molecule has 36 heavy (non-hydrogen) atoms. The smallest absolute Gasteiger partial charge is 0.232 e. The predicted molar refractivity (Wildman–Crippen MR) is 140 cm³/mol. The molecule has 0 bridgehead atoms. The molecule has 4 rings (SSSR count). The monoisotopic (exact) mass is 530 g/mol. The van der Waals surface area contributed by atoms with Crippen LogP contribution in [0.15, 0.2) is 48.7 Å². The Labute approximate surface area is 213 Å². The van der Waals surface area contributed by atoms with Gasteiger partial charge in [-0.15, -0.1) is 0 Å². The van der Waals surface area contributed by atoms with Gasteiger partial charge in [-0.05, 0) is 67.2 Å². The summed E-state index contributed by atoms with van der Waals surface area (Å²) in [6.07, 6.45) is 9.99. The minimum Gasteiger partial charge on any atom is -0.361 e. The Morgan fingerprint density at radius 1 is 1.08 bits per heavy atom. The van der Waals surface area contributed by atoms with Gasteiger partial charge in [0.25, 0.3) is 0 Å². The summed E-state index contributed by atoms with van der Waals surface area (Å²) < 4.78 is 56.5.